The number of hydrogen-bond acceptors (Lipinski definition) is 3. The number of piperidine rings is 1. The molecule has 0 aromatic heterocycles. The van der Waals surface area contributed by atoms with Gasteiger partial charge in [-0.15, -0.1) is 0 Å². The zero-order valence-electron chi connectivity index (χ0n) is 13.9. The SMILES string of the molecule is CCOc1ccc(Cl)cc1C(O)CCN1CC(C)CC(C)C1. The van der Waals surface area contributed by atoms with E-state index in [-0.39, 0.29) is 0 Å². The first-order valence-electron chi connectivity index (χ1n) is 8.32. The molecule has 0 saturated carbocycles. The topological polar surface area (TPSA) is 32.7 Å². The third kappa shape index (κ3) is 4.87. The molecule has 22 heavy (non-hydrogen) atoms. The normalized spacial score (nSPS) is 24.2. The lowest BCUT2D eigenvalue weighted by Crippen LogP contribution is -2.39. The van der Waals surface area contributed by atoms with Crippen LogP contribution >= 0.6 is 11.6 Å². The van der Waals surface area contributed by atoms with Crippen LogP contribution in [0.3, 0.4) is 0 Å². The van der Waals surface area contributed by atoms with Gasteiger partial charge in [-0.2, -0.15) is 0 Å². The highest BCUT2D eigenvalue weighted by molar-refractivity contribution is 6.30. The number of aliphatic hydroxyl groups excluding tert-OH is 1. The molecule has 3 unspecified atom stereocenters. The molecule has 0 aliphatic carbocycles. The highest BCUT2D eigenvalue weighted by Crippen LogP contribution is 2.31. The Labute approximate surface area is 139 Å². The molecule has 1 heterocycles. The van der Waals surface area contributed by atoms with Crippen LogP contribution < -0.4 is 4.74 Å². The predicted octanol–water partition coefficient (Wildman–Crippen LogP) is 4.14. The maximum absolute atomic E-state index is 10.5. The number of likely N-dealkylation sites (tertiary alicyclic amines) is 1. The third-order valence-electron chi connectivity index (χ3n) is 4.29. The first-order valence-corrected chi connectivity index (χ1v) is 8.70. The summed E-state index contributed by atoms with van der Waals surface area (Å²) in [5.74, 6) is 2.22. The standard InChI is InChI=1S/C18H28ClNO2/c1-4-22-18-6-5-15(19)10-16(18)17(21)7-8-20-11-13(2)9-14(3)12-20/h5-6,10,13-14,17,21H,4,7-9,11-12H2,1-3H3. The number of benzene rings is 1. The average molecular weight is 326 g/mol. The zero-order valence-corrected chi connectivity index (χ0v) is 14.6. The fourth-order valence-corrected chi connectivity index (χ4v) is 3.68. The molecule has 0 amide bonds. The van der Waals surface area contributed by atoms with E-state index in [4.69, 9.17) is 16.3 Å². The highest BCUT2D eigenvalue weighted by atomic mass is 35.5. The van der Waals surface area contributed by atoms with Gasteiger partial charge in [0.25, 0.3) is 0 Å². The molecule has 0 radical (unpaired) electrons. The molecule has 1 saturated heterocycles. The summed E-state index contributed by atoms with van der Waals surface area (Å²) in [6.45, 7) is 10.3. The van der Waals surface area contributed by atoms with E-state index in [1.165, 1.54) is 6.42 Å². The largest absolute Gasteiger partial charge is 0.493 e. The van der Waals surface area contributed by atoms with Crippen molar-refractivity contribution in [3.63, 3.8) is 0 Å². The van der Waals surface area contributed by atoms with Gasteiger partial charge in [-0.25, -0.2) is 0 Å². The number of halogens is 1. The molecule has 1 aromatic carbocycles. The smallest absolute Gasteiger partial charge is 0.125 e. The van der Waals surface area contributed by atoms with Crippen molar-refractivity contribution in [3.8, 4) is 5.75 Å². The molecule has 4 heteroatoms. The number of hydrogen-bond donors (Lipinski definition) is 1. The van der Waals surface area contributed by atoms with Crippen LogP contribution in [0.5, 0.6) is 5.75 Å². The first-order chi connectivity index (χ1) is 10.5. The molecule has 124 valence electrons. The fourth-order valence-electron chi connectivity index (χ4n) is 3.50. The Hall–Kier alpha value is -0.770. The van der Waals surface area contributed by atoms with E-state index in [9.17, 15) is 5.11 Å². The van der Waals surface area contributed by atoms with E-state index >= 15 is 0 Å². The average Bonchev–Trinajstić information content (AvgIpc) is 2.46. The summed E-state index contributed by atoms with van der Waals surface area (Å²) in [4.78, 5) is 2.47. The van der Waals surface area contributed by atoms with Crippen molar-refractivity contribution in [1.29, 1.82) is 0 Å². The maximum Gasteiger partial charge on any atom is 0.125 e. The van der Waals surface area contributed by atoms with Gasteiger partial charge < -0.3 is 14.7 Å². The molecule has 1 N–H and O–H groups in total. The van der Waals surface area contributed by atoms with Crippen LogP contribution in [-0.2, 0) is 0 Å². The van der Waals surface area contributed by atoms with Gasteiger partial charge in [0.2, 0.25) is 0 Å². The van der Waals surface area contributed by atoms with Crippen LogP contribution in [0.4, 0.5) is 0 Å². The van der Waals surface area contributed by atoms with Gasteiger partial charge in [-0.1, -0.05) is 25.4 Å². The molecule has 1 aliphatic rings. The Morgan fingerprint density at radius 3 is 2.64 bits per heavy atom. The number of rotatable bonds is 6. The summed E-state index contributed by atoms with van der Waals surface area (Å²) in [6.07, 6.45) is 1.48. The van der Waals surface area contributed by atoms with Crippen molar-refractivity contribution < 1.29 is 9.84 Å². The van der Waals surface area contributed by atoms with Gasteiger partial charge in [-0.05, 0) is 49.8 Å². The van der Waals surface area contributed by atoms with Crippen LogP contribution in [-0.4, -0.2) is 36.2 Å². The predicted molar refractivity (Wildman–Crippen MR) is 91.6 cm³/mol. The van der Waals surface area contributed by atoms with Crippen LogP contribution in [0.2, 0.25) is 5.02 Å². The summed E-state index contributed by atoms with van der Waals surface area (Å²) in [5, 5.41) is 11.2. The molecule has 1 aromatic rings. The molecule has 0 spiro atoms. The number of ether oxygens (including phenoxy) is 1. The minimum absolute atomic E-state index is 0.534. The Balaban J connectivity index is 1.97. The van der Waals surface area contributed by atoms with Gasteiger partial charge in [0.15, 0.2) is 0 Å². The van der Waals surface area contributed by atoms with Crippen molar-refractivity contribution in [2.75, 3.05) is 26.2 Å². The summed E-state index contributed by atoms with van der Waals surface area (Å²) in [6, 6.07) is 5.46. The summed E-state index contributed by atoms with van der Waals surface area (Å²) >= 11 is 6.07. The summed E-state index contributed by atoms with van der Waals surface area (Å²) in [5.41, 5.74) is 0.799. The molecule has 3 nitrogen and oxygen atoms in total. The van der Waals surface area contributed by atoms with Crippen molar-refractivity contribution >= 4 is 11.6 Å². The lowest BCUT2D eigenvalue weighted by Gasteiger charge is -2.35. The molecular weight excluding hydrogens is 298 g/mol. The molecule has 1 aliphatic heterocycles. The van der Waals surface area contributed by atoms with Crippen LogP contribution in [0.1, 0.15) is 45.3 Å². The molecule has 1 fully saturated rings. The molecule has 2 rings (SSSR count). The molecule has 3 atom stereocenters. The fraction of sp³-hybridized carbons (Fsp3) is 0.667. The van der Waals surface area contributed by atoms with Gasteiger partial charge in [-0.3, -0.25) is 0 Å². The maximum atomic E-state index is 10.5. The zero-order chi connectivity index (χ0) is 16.1. The van der Waals surface area contributed by atoms with Gasteiger partial charge in [0.05, 0.1) is 12.7 Å². The van der Waals surface area contributed by atoms with Gasteiger partial charge in [0.1, 0.15) is 5.75 Å². The summed E-state index contributed by atoms with van der Waals surface area (Å²) < 4.78 is 5.61. The second-order valence-electron chi connectivity index (χ2n) is 6.63. The van der Waals surface area contributed by atoms with Crippen molar-refractivity contribution in [3.05, 3.63) is 28.8 Å². The second-order valence-corrected chi connectivity index (χ2v) is 7.06. The minimum atomic E-state index is -0.534. The van der Waals surface area contributed by atoms with Crippen LogP contribution in [0, 0.1) is 11.8 Å². The lowest BCUT2D eigenvalue weighted by molar-refractivity contribution is 0.101. The van der Waals surface area contributed by atoms with E-state index in [0.717, 1.165) is 42.8 Å². The Morgan fingerprint density at radius 1 is 1.32 bits per heavy atom. The van der Waals surface area contributed by atoms with E-state index < -0.39 is 6.10 Å². The quantitative estimate of drug-likeness (QED) is 0.853. The Bertz CT molecular complexity index is 470. The van der Waals surface area contributed by atoms with E-state index in [0.29, 0.717) is 18.1 Å². The lowest BCUT2D eigenvalue weighted by atomic mass is 9.91. The van der Waals surface area contributed by atoms with Gasteiger partial charge in [0, 0.05) is 30.2 Å². The van der Waals surface area contributed by atoms with Gasteiger partial charge >= 0.3 is 0 Å². The van der Waals surface area contributed by atoms with Crippen LogP contribution in [0.15, 0.2) is 18.2 Å². The number of aliphatic hydroxyl groups is 1. The molecular formula is C18H28ClNO2. The van der Waals surface area contributed by atoms with Crippen LogP contribution in [0.25, 0.3) is 0 Å². The van der Waals surface area contributed by atoms with E-state index in [1.807, 2.05) is 19.1 Å². The Morgan fingerprint density at radius 2 is 2.00 bits per heavy atom. The minimum Gasteiger partial charge on any atom is -0.493 e. The number of nitrogens with zero attached hydrogens (tertiary/aromatic N) is 1. The van der Waals surface area contributed by atoms with Crippen molar-refractivity contribution in [1.82, 2.24) is 4.90 Å². The highest BCUT2D eigenvalue weighted by Gasteiger charge is 2.23. The molecule has 0 bridgehead atoms. The third-order valence-corrected chi connectivity index (χ3v) is 4.53. The summed E-state index contributed by atoms with van der Waals surface area (Å²) in [7, 11) is 0. The van der Waals surface area contributed by atoms with E-state index in [2.05, 4.69) is 18.7 Å². The van der Waals surface area contributed by atoms with Crippen molar-refractivity contribution in [2.45, 2.75) is 39.7 Å². The van der Waals surface area contributed by atoms with Crippen molar-refractivity contribution in [2.24, 2.45) is 11.8 Å². The monoisotopic (exact) mass is 325 g/mol. The van der Waals surface area contributed by atoms with E-state index in [1.54, 1.807) is 6.07 Å². The first kappa shape index (κ1) is 17.6. The Kier molecular flexibility index (Phi) is 6.54. The second kappa shape index (κ2) is 8.19.